The van der Waals surface area contributed by atoms with Crippen molar-refractivity contribution in [3.63, 3.8) is 0 Å². The summed E-state index contributed by atoms with van der Waals surface area (Å²) in [5.41, 5.74) is 0. The molecule has 0 radical (unpaired) electrons. The molecule has 0 aromatic heterocycles. The van der Waals surface area contributed by atoms with Gasteiger partial charge in [-0.05, 0) is 39.9 Å². The number of halogens is 4. The van der Waals surface area contributed by atoms with Crippen LogP contribution in [0.3, 0.4) is 0 Å². The number of thioether (sulfide) groups is 1. The minimum Gasteiger partial charge on any atom is -0.493 e. The molecule has 7 heteroatoms. The van der Waals surface area contributed by atoms with Gasteiger partial charge in [-0.25, -0.2) is 0 Å². The van der Waals surface area contributed by atoms with Crippen LogP contribution in [-0.2, 0) is 0 Å². The van der Waals surface area contributed by atoms with Gasteiger partial charge in [0.05, 0.1) is 11.1 Å². The predicted molar refractivity (Wildman–Crippen MR) is 69.3 cm³/mol. The maximum Gasteiger partial charge on any atom is 0.573 e. The second kappa shape index (κ2) is 7.13. The Morgan fingerprint density at radius 1 is 1.33 bits per heavy atom. The maximum absolute atomic E-state index is 12.0. The largest absolute Gasteiger partial charge is 0.573 e. The van der Waals surface area contributed by atoms with Gasteiger partial charge in [-0.2, -0.15) is 11.8 Å². The molecule has 0 spiro atoms. The molecule has 0 amide bonds. The Morgan fingerprint density at radius 3 is 2.61 bits per heavy atom. The van der Waals surface area contributed by atoms with Crippen molar-refractivity contribution in [2.75, 3.05) is 18.1 Å². The average Bonchev–Trinajstić information content (AvgIpc) is 2.26. The van der Waals surface area contributed by atoms with Gasteiger partial charge in [-0.1, -0.05) is 6.92 Å². The highest BCUT2D eigenvalue weighted by atomic mass is 79.9. The van der Waals surface area contributed by atoms with Crippen LogP contribution in [-0.4, -0.2) is 24.5 Å². The molecular weight excluding hydrogens is 333 g/mol. The first kappa shape index (κ1) is 15.5. The lowest BCUT2D eigenvalue weighted by Crippen LogP contribution is -2.17. The molecule has 18 heavy (non-hydrogen) atoms. The van der Waals surface area contributed by atoms with Crippen LogP contribution in [0.1, 0.15) is 6.92 Å². The van der Waals surface area contributed by atoms with Crippen molar-refractivity contribution in [3.05, 3.63) is 22.7 Å². The molecule has 1 aromatic rings. The molecule has 0 bridgehead atoms. The van der Waals surface area contributed by atoms with E-state index in [0.29, 0.717) is 12.4 Å². The van der Waals surface area contributed by atoms with Gasteiger partial charge >= 0.3 is 6.36 Å². The zero-order valence-corrected chi connectivity index (χ0v) is 12.0. The number of hydrogen-bond donors (Lipinski definition) is 0. The maximum atomic E-state index is 12.0. The molecular formula is C11H12BrF3O2S. The van der Waals surface area contributed by atoms with E-state index in [-0.39, 0.29) is 10.2 Å². The smallest absolute Gasteiger partial charge is 0.493 e. The van der Waals surface area contributed by atoms with Gasteiger partial charge in [0.1, 0.15) is 11.5 Å². The molecule has 0 unspecified atom stereocenters. The lowest BCUT2D eigenvalue weighted by molar-refractivity contribution is -0.274. The van der Waals surface area contributed by atoms with E-state index >= 15 is 0 Å². The summed E-state index contributed by atoms with van der Waals surface area (Å²) < 4.78 is 45.5. The number of ether oxygens (including phenoxy) is 2. The van der Waals surface area contributed by atoms with Crippen LogP contribution in [0.5, 0.6) is 11.5 Å². The van der Waals surface area contributed by atoms with Crippen LogP contribution in [0.15, 0.2) is 22.7 Å². The fourth-order valence-corrected chi connectivity index (χ4v) is 2.07. The Morgan fingerprint density at radius 2 is 2.06 bits per heavy atom. The van der Waals surface area contributed by atoms with Crippen LogP contribution in [0.2, 0.25) is 0 Å². The molecule has 0 atom stereocenters. The molecule has 0 saturated carbocycles. The summed E-state index contributed by atoms with van der Waals surface area (Å²) in [6, 6.07) is 4.13. The summed E-state index contributed by atoms with van der Waals surface area (Å²) in [6.07, 6.45) is -4.69. The topological polar surface area (TPSA) is 18.5 Å². The van der Waals surface area contributed by atoms with E-state index < -0.39 is 6.36 Å². The molecule has 1 rings (SSSR count). The Hall–Kier alpha value is -0.560. The van der Waals surface area contributed by atoms with Crippen LogP contribution in [0, 0.1) is 0 Å². The van der Waals surface area contributed by atoms with E-state index in [4.69, 9.17) is 4.74 Å². The highest BCUT2D eigenvalue weighted by molar-refractivity contribution is 9.10. The predicted octanol–water partition coefficient (Wildman–Crippen LogP) is 4.48. The molecule has 0 aliphatic heterocycles. The number of hydrogen-bond acceptors (Lipinski definition) is 3. The molecule has 0 N–H and O–H groups in total. The molecule has 0 fully saturated rings. The number of alkyl halides is 3. The molecule has 102 valence electrons. The van der Waals surface area contributed by atoms with E-state index in [0.717, 1.165) is 11.5 Å². The second-order valence-electron chi connectivity index (χ2n) is 3.19. The zero-order chi connectivity index (χ0) is 13.6. The zero-order valence-electron chi connectivity index (χ0n) is 9.59. The van der Waals surface area contributed by atoms with Gasteiger partial charge in [0, 0.05) is 5.75 Å². The fourth-order valence-electron chi connectivity index (χ4n) is 1.14. The van der Waals surface area contributed by atoms with E-state index in [1.165, 1.54) is 18.2 Å². The normalized spacial score (nSPS) is 11.4. The van der Waals surface area contributed by atoms with Crippen LogP contribution in [0.4, 0.5) is 13.2 Å². The Bertz CT molecular complexity index is 385. The van der Waals surface area contributed by atoms with Gasteiger partial charge in [0.15, 0.2) is 0 Å². The Balaban J connectivity index is 2.56. The molecule has 1 aromatic carbocycles. The minimum atomic E-state index is -4.69. The van der Waals surface area contributed by atoms with Crippen molar-refractivity contribution in [2.24, 2.45) is 0 Å². The van der Waals surface area contributed by atoms with Crippen molar-refractivity contribution < 1.29 is 22.6 Å². The minimum absolute atomic E-state index is 0.209. The number of benzene rings is 1. The van der Waals surface area contributed by atoms with Gasteiger partial charge in [-0.3, -0.25) is 0 Å². The van der Waals surface area contributed by atoms with Crippen molar-refractivity contribution in [2.45, 2.75) is 13.3 Å². The first-order valence-electron chi connectivity index (χ1n) is 5.18. The molecule has 0 aliphatic rings. The lowest BCUT2D eigenvalue weighted by Gasteiger charge is -2.12. The molecule has 0 aliphatic carbocycles. The van der Waals surface area contributed by atoms with Crippen molar-refractivity contribution in [1.82, 2.24) is 0 Å². The van der Waals surface area contributed by atoms with E-state index in [2.05, 4.69) is 20.7 Å². The first-order valence-corrected chi connectivity index (χ1v) is 7.13. The third-order valence-electron chi connectivity index (χ3n) is 1.83. The van der Waals surface area contributed by atoms with Crippen molar-refractivity contribution in [3.8, 4) is 11.5 Å². The standard InChI is InChI=1S/C11H12BrF3O2S/c1-2-18-6-5-16-8-3-4-10(9(12)7-8)17-11(13,14)15/h3-4,7H,2,5-6H2,1H3. The molecule has 2 nitrogen and oxygen atoms in total. The van der Waals surface area contributed by atoms with Crippen LogP contribution < -0.4 is 9.47 Å². The molecule has 0 saturated heterocycles. The van der Waals surface area contributed by atoms with E-state index in [1.54, 1.807) is 11.8 Å². The first-order chi connectivity index (χ1) is 8.42. The average molecular weight is 345 g/mol. The summed E-state index contributed by atoms with van der Waals surface area (Å²) in [5.74, 6) is 2.08. The highest BCUT2D eigenvalue weighted by Gasteiger charge is 2.31. The Labute approximate surface area is 116 Å². The summed E-state index contributed by atoms with van der Waals surface area (Å²) in [7, 11) is 0. The van der Waals surface area contributed by atoms with Crippen LogP contribution >= 0.6 is 27.7 Å². The van der Waals surface area contributed by atoms with Crippen LogP contribution in [0.25, 0.3) is 0 Å². The van der Waals surface area contributed by atoms with E-state index in [1.807, 2.05) is 6.92 Å². The van der Waals surface area contributed by atoms with Gasteiger partial charge < -0.3 is 9.47 Å². The van der Waals surface area contributed by atoms with Crippen molar-refractivity contribution >= 4 is 27.7 Å². The lowest BCUT2D eigenvalue weighted by atomic mass is 10.3. The Kier molecular flexibility index (Phi) is 6.14. The van der Waals surface area contributed by atoms with E-state index in [9.17, 15) is 13.2 Å². The van der Waals surface area contributed by atoms with Gasteiger partial charge in [0.2, 0.25) is 0 Å². The number of rotatable bonds is 6. The summed E-state index contributed by atoms with van der Waals surface area (Å²) >= 11 is 4.74. The third kappa shape index (κ3) is 5.86. The fraction of sp³-hybridized carbons (Fsp3) is 0.455. The van der Waals surface area contributed by atoms with Gasteiger partial charge in [-0.15, -0.1) is 13.2 Å². The molecule has 0 heterocycles. The monoisotopic (exact) mass is 344 g/mol. The van der Waals surface area contributed by atoms with Crippen molar-refractivity contribution in [1.29, 1.82) is 0 Å². The summed E-state index contributed by atoms with van der Waals surface area (Å²) in [5, 5.41) is 0. The summed E-state index contributed by atoms with van der Waals surface area (Å²) in [6.45, 7) is 2.56. The van der Waals surface area contributed by atoms with Gasteiger partial charge in [0.25, 0.3) is 0 Å². The SMILES string of the molecule is CCSCCOc1ccc(OC(F)(F)F)c(Br)c1. The third-order valence-corrected chi connectivity index (χ3v) is 3.31. The highest BCUT2D eigenvalue weighted by Crippen LogP contribution is 2.33. The quantitative estimate of drug-likeness (QED) is 0.709. The second-order valence-corrected chi connectivity index (χ2v) is 5.43. The summed E-state index contributed by atoms with van der Waals surface area (Å²) in [4.78, 5) is 0.